The van der Waals surface area contributed by atoms with Crippen LogP contribution in [0.3, 0.4) is 0 Å². The fraction of sp³-hybridized carbons (Fsp3) is 0.278. The van der Waals surface area contributed by atoms with Crippen molar-refractivity contribution in [2.45, 2.75) is 33.0 Å². The summed E-state index contributed by atoms with van der Waals surface area (Å²) in [5, 5.41) is 14.3. The number of carboxylic acid groups (broad SMARTS) is 1. The maximum absolute atomic E-state index is 11.8. The van der Waals surface area contributed by atoms with Crippen LogP contribution >= 0.6 is 0 Å². The molecule has 7 nitrogen and oxygen atoms in total. The summed E-state index contributed by atoms with van der Waals surface area (Å²) >= 11 is 0. The smallest absolute Gasteiger partial charge is 0.335 e. The predicted octanol–water partition coefficient (Wildman–Crippen LogP) is 2.57. The second kappa shape index (κ2) is 8.68. The standard InChI is InChI=1S/C18H21N3O4/c1-12(2)25-16-8-5-14(10-19-16)11-21-18(24)20-9-13-3-6-15(7-4-13)17(22)23/h3-8,10,12H,9,11H2,1-2H3,(H,22,23)(H2,20,21,24). The maximum atomic E-state index is 11.8. The number of carbonyl (C=O) groups excluding carboxylic acids is 1. The number of carboxylic acids is 1. The summed E-state index contributed by atoms with van der Waals surface area (Å²) in [5.41, 5.74) is 1.89. The van der Waals surface area contributed by atoms with Crippen LogP contribution in [0.25, 0.3) is 0 Å². The van der Waals surface area contributed by atoms with E-state index in [0.717, 1.165) is 11.1 Å². The quantitative estimate of drug-likeness (QED) is 0.717. The van der Waals surface area contributed by atoms with Gasteiger partial charge in [-0.15, -0.1) is 0 Å². The van der Waals surface area contributed by atoms with Gasteiger partial charge in [-0.05, 0) is 37.1 Å². The first-order valence-electron chi connectivity index (χ1n) is 7.89. The monoisotopic (exact) mass is 343 g/mol. The molecular weight excluding hydrogens is 322 g/mol. The maximum Gasteiger partial charge on any atom is 0.335 e. The van der Waals surface area contributed by atoms with E-state index in [1.54, 1.807) is 24.4 Å². The molecule has 0 radical (unpaired) electrons. The molecule has 0 saturated heterocycles. The van der Waals surface area contributed by atoms with E-state index < -0.39 is 5.97 Å². The van der Waals surface area contributed by atoms with E-state index in [1.165, 1.54) is 12.1 Å². The van der Waals surface area contributed by atoms with E-state index >= 15 is 0 Å². The van der Waals surface area contributed by atoms with E-state index in [1.807, 2.05) is 19.9 Å². The second-order valence-electron chi connectivity index (χ2n) is 5.71. The minimum Gasteiger partial charge on any atom is -0.478 e. The molecule has 1 aromatic heterocycles. The fourth-order valence-corrected chi connectivity index (χ4v) is 2.02. The van der Waals surface area contributed by atoms with E-state index in [4.69, 9.17) is 9.84 Å². The van der Waals surface area contributed by atoms with Gasteiger partial charge >= 0.3 is 12.0 Å². The predicted molar refractivity (Wildman–Crippen MR) is 92.5 cm³/mol. The van der Waals surface area contributed by atoms with Gasteiger partial charge in [-0.3, -0.25) is 0 Å². The molecular formula is C18H21N3O4. The molecule has 0 unspecified atom stereocenters. The number of rotatable bonds is 7. The van der Waals surface area contributed by atoms with Crippen molar-refractivity contribution in [3.05, 3.63) is 59.3 Å². The molecule has 1 heterocycles. The SMILES string of the molecule is CC(C)Oc1ccc(CNC(=O)NCc2ccc(C(=O)O)cc2)cn1. The number of aromatic nitrogens is 1. The topological polar surface area (TPSA) is 101 Å². The first kappa shape index (κ1) is 18.3. The lowest BCUT2D eigenvalue weighted by Gasteiger charge is -2.10. The van der Waals surface area contributed by atoms with E-state index in [2.05, 4.69) is 15.6 Å². The van der Waals surface area contributed by atoms with Gasteiger partial charge in [-0.25, -0.2) is 14.6 Å². The van der Waals surface area contributed by atoms with Gasteiger partial charge in [0.05, 0.1) is 11.7 Å². The highest BCUT2D eigenvalue weighted by atomic mass is 16.5. The zero-order chi connectivity index (χ0) is 18.2. The van der Waals surface area contributed by atoms with Crippen LogP contribution in [-0.2, 0) is 13.1 Å². The van der Waals surface area contributed by atoms with Crippen molar-refractivity contribution >= 4 is 12.0 Å². The highest BCUT2D eigenvalue weighted by molar-refractivity contribution is 5.87. The highest BCUT2D eigenvalue weighted by Gasteiger charge is 2.04. The van der Waals surface area contributed by atoms with Gasteiger partial charge in [0.1, 0.15) is 0 Å². The number of carbonyl (C=O) groups is 2. The van der Waals surface area contributed by atoms with Crippen LogP contribution in [-0.4, -0.2) is 28.2 Å². The zero-order valence-corrected chi connectivity index (χ0v) is 14.2. The summed E-state index contributed by atoms with van der Waals surface area (Å²) in [6.07, 6.45) is 1.72. The highest BCUT2D eigenvalue weighted by Crippen LogP contribution is 2.09. The number of aromatic carboxylic acids is 1. The number of hydrogen-bond donors (Lipinski definition) is 3. The third-order valence-electron chi connectivity index (χ3n) is 3.26. The molecule has 2 amide bonds. The van der Waals surface area contributed by atoms with E-state index in [0.29, 0.717) is 19.0 Å². The lowest BCUT2D eigenvalue weighted by Crippen LogP contribution is -2.34. The fourth-order valence-electron chi connectivity index (χ4n) is 2.02. The van der Waals surface area contributed by atoms with Crippen molar-refractivity contribution in [1.29, 1.82) is 0 Å². The molecule has 0 aliphatic rings. The third-order valence-corrected chi connectivity index (χ3v) is 3.26. The molecule has 7 heteroatoms. The number of pyridine rings is 1. The van der Waals surface area contributed by atoms with Crippen LogP contribution in [0.1, 0.15) is 35.3 Å². The van der Waals surface area contributed by atoms with Crippen LogP contribution in [0.15, 0.2) is 42.6 Å². The summed E-state index contributed by atoms with van der Waals surface area (Å²) in [6, 6.07) is 9.63. The van der Waals surface area contributed by atoms with Gasteiger partial charge in [-0.1, -0.05) is 18.2 Å². The van der Waals surface area contributed by atoms with E-state index in [9.17, 15) is 9.59 Å². The summed E-state index contributed by atoms with van der Waals surface area (Å²) in [5.74, 6) is -0.427. The Hall–Kier alpha value is -3.09. The normalized spacial score (nSPS) is 10.4. The molecule has 2 aromatic rings. The minimum absolute atomic E-state index is 0.0619. The molecule has 3 N–H and O–H groups in total. The van der Waals surface area contributed by atoms with Crippen molar-refractivity contribution < 1.29 is 19.4 Å². The van der Waals surface area contributed by atoms with Crippen LogP contribution in [0.2, 0.25) is 0 Å². The third kappa shape index (κ3) is 6.14. The van der Waals surface area contributed by atoms with Crippen molar-refractivity contribution in [3.63, 3.8) is 0 Å². The zero-order valence-electron chi connectivity index (χ0n) is 14.2. The van der Waals surface area contributed by atoms with Crippen LogP contribution in [0.4, 0.5) is 4.79 Å². The van der Waals surface area contributed by atoms with Gasteiger partial charge in [0.2, 0.25) is 5.88 Å². The Labute approximate surface area is 146 Å². The van der Waals surface area contributed by atoms with Crippen LogP contribution in [0.5, 0.6) is 5.88 Å². The minimum atomic E-state index is -0.976. The number of amides is 2. The Morgan fingerprint density at radius 2 is 1.64 bits per heavy atom. The summed E-state index contributed by atoms with van der Waals surface area (Å²) in [4.78, 5) is 26.8. The van der Waals surface area contributed by atoms with Gasteiger partial charge in [0.15, 0.2) is 0 Å². The van der Waals surface area contributed by atoms with Crippen molar-refractivity contribution in [3.8, 4) is 5.88 Å². The summed E-state index contributed by atoms with van der Waals surface area (Å²) in [7, 11) is 0. The van der Waals surface area contributed by atoms with Crippen molar-refractivity contribution in [2.24, 2.45) is 0 Å². The van der Waals surface area contributed by atoms with Gasteiger partial charge in [-0.2, -0.15) is 0 Å². The molecule has 0 spiro atoms. The number of nitrogens with zero attached hydrogens (tertiary/aromatic N) is 1. The molecule has 0 saturated carbocycles. The number of urea groups is 1. The lowest BCUT2D eigenvalue weighted by atomic mass is 10.1. The second-order valence-corrected chi connectivity index (χ2v) is 5.71. The van der Waals surface area contributed by atoms with Crippen LogP contribution in [0, 0.1) is 0 Å². The molecule has 0 bridgehead atoms. The lowest BCUT2D eigenvalue weighted by molar-refractivity contribution is 0.0697. The molecule has 1 aromatic carbocycles. The Morgan fingerprint density at radius 3 is 2.16 bits per heavy atom. The number of hydrogen-bond acceptors (Lipinski definition) is 4. The molecule has 2 rings (SSSR count). The number of benzene rings is 1. The molecule has 0 aliphatic carbocycles. The average Bonchev–Trinajstić information content (AvgIpc) is 2.59. The molecule has 0 fully saturated rings. The molecule has 25 heavy (non-hydrogen) atoms. The Balaban J connectivity index is 1.75. The van der Waals surface area contributed by atoms with Crippen LogP contribution < -0.4 is 15.4 Å². The summed E-state index contributed by atoms with van der Waals surface area (Å²) < 4.78 is 5.46. The Bertz CT molecular complexity index is 712. The Morgan fingerprint density at radius 1 is 1.04 bits per heavy atom. The summed E-state index contributed by atoms with van der Waals surface area (Å²) in [6.45, 7) is 4.51. The molecule has 0 atom stereocenters. The van der Waals surface area contributed by atoms with Gasteiger partial charge in [0.25, 0.3) is 0 Å². The first-order valence-corrected chi connectivity index (χ1v) is 7.89. The Kier molecular flexibility index (Phi) is 6.33. The van der Waals surface area contributed by atoms with Crippen molar-refractivity contribution in [2.75, 3.05) is 0 Å². The first-order chi connectivity index (χ1) is 11.9. The molecule has 0 aliphatic heterocycles. The number of nitrogens with one attached hydrogen (secondary N) is 2. The average molecular weight is 343 g/mol. The van der Waals surface area contributed by atoms with Gasteiger partial charge in [0, 0.05) is 25.4 Å². The van der Waals surface area contributed by atoms with Gasteiger partial charge < -0.3 is 20.5 Å². The molecule has 132 valence electrons. The largest absolute Gasteiger partial charge is 0.478 e. The number of ether oxygens (including phenoxy) is 1. The van der Waals surface area contributed by atoms with E-state index in [-0.39, 0.29) is 17.7 Å². The van der Waals surface area contributed by atoms with Crippen molar-refractivity contribution in [1.82, 2.24) is 15.6 Å².